The van der Waals surface area contributed by atoms with Crippen molar-refractivity contribution in [3.63, 3.8) is 0 Å². The van der Waals surface area contributed by atoms with E-state index in [1.54, 1.807) is 0 Å². The predicted molar refractivity (Wildman–Crippen MR) is 162 cm³/mol. The predicted octanol–water partition coefficient (Wildman–Crippen LogP) is -3.38. The van der Waals surface area contributed by atoms with Crippen LogP contribution in [0.3, 0.4) is 0 Å². The maximum atomic E-state index is 13.9. The number of ether oxygens (including phenoxy) is 7. The van der Waals surface area contributed by atoms with Gasteiger partial charge >= 0.3 is 0 Å². The zero-order chi connectivity index (χ0) is 36.9. The first kappa shape index (κ1) is 37.5. The molecule has 2 aromatic rings. The summed E-state index contributed by atoms with van der Waals surface area (Å²) in [7, 11) is 0. The topological polar surface area (TPSA) is 304 Å². The van der Waals surface area contributed by atoms with Gasteiger partial charge in [0.1, 0.15) is 89.6 Å². The third-order valence-electron chi connectivity index (χ3n) is 9.23. The molecule has 4 aliphatic rings. The molecule has 19 heteroatoms. The van der Waals surface area contributed by atoms with Crippen molar-refractivity contribution in [1.29, 1.82) is 0 Å². The zero-order valence-electron chi connectivity index (χ0n) is 26.8. The van der Waals surface area contributed by atoms with Gasteiger partial charge in [0.05, 0.1) is 19.3 Å². The lowest BCUT2D eigenvalue weighted by Gasteiger charge is -2.47. The number of Topliss-reactive ketones (excluding diaryl/α,β-unsaturated/α-hetero) is 1. The van der Waals surface area contributed by atoms with Gasteiger partial charge in [-0.25, -0.2) is 0 Å². The highest BCUT2D eigenvalue weighted by atomic mass is 16.8. The van der Waals surface area contributed by atoms with Crippen LogP contribution in [0.15, 0.2) is 36.4 Å². The van der Waals surface area contributed by atoms with Crippen molar-refractivity contribution < 1.29 is 94.1 Å². The molecule has 3 fully saturated rings. The number of fused-ring (bicyclic) bond motifs is 1. The number of hydrogen-bond acceptors (Lipinski definition) is 19. The average Bonchev–Trinajstić information content (AvgIpc) is 3.09. The fourth-order valence-electron chi connectivity index (χ4n) is 6.28. The third-order valence-corrected chi connectivity index (χ3v) is 9.23. The van der Waals surface area contributed by atoms with Crippen LogP contribution in [0.1, 0.15) is 28.9 Å². The minimum Gasteiger partial charge on any atom is -0.508 e. The van der Waals surface area contributed by atoms with Gasteiger partial charge in [0.15, 0.2) is 31.1 Å². The second kappa shape index (κ2) is 15.0. The van der Waals surface area contributed by atoms with Crippen molar-refractivity contribution in [2.24, 2.45) is 0 Å². The molecule has 16 atom stereocenters. The van der Waals surface area contributed by atoms with E-state index in [-0.39, 0.29) is 23.7 Å². The van der Waals surface area contributed by atoms with Gasteiger partial charge in [-0.2, -0.15) is 0 Å². The second-order valence-electron chi connectivity index (χ2n) is 12.8. The molecule has 3 saturated heterocycles. The van der Waals surface area contributed by atoms with E-state index in [4.69, 9.17) is 33.2 Å². The number of rotatable bonds is 8. The fourth-order valence-corrected chi connectivity index (χ4v) is 6.28. The Bertz CT molecular complexity index is 1520. The number of carbonyl (C=O) groups excluding carboxylic acids is 1. The SMILES string of the molecule is C[C@@H]1O[C@@H](O[C@@H]2C(=O)c3c(O)cc(O)cc3O[C@H]2c2ccc(O)cc2)[C@H](O[C@@H]2O[C@H](CO[C@@H]3OC[C@@H](O)[C@H](O)[C@H]3O)[C@@H](O)[C@H](O)[C@H]2O)[C@H](O)[C@H]1O. The van der Waals surface area contributed by atoms with E-state index in [0.717, 1.165) is 12.1 Å². The Hall–Kier alpha value is -3.25. The van der Waals surface area contributed by atoms with Crippen LogP contribution in [0.5, 0.6) is 23.0 Å². The Morgan fingerprint density at radius 2 is 1.41 bits per heavy atom. The largest absolute Gasteiger partial charge is 0.508 e. The molecule has 0 spiro atoms. The van der Waals surface area contributed by atoms with E-state index < -0.39 is 122 Å². The second-order valence-corrected chi connectivity index (χ2v) is 12.8. The summed E-state index contributed by atoms with van der Waals surface area (Å²) in [5.74, 6) is -2.18. The van der Waals surface area contributed by atoms with E-state index in [1.807, 2.05) is 0 Å². The molecule has 0 radical (unpaired) electrons. The van der Waals surface area contributed by atoms with Crippen LogP contribution in [0.25, 0.3) is 0 Å². The molecule has 282 valence electrons. The van der Waals surface area contributed by atoms with Gasteiger partial charge < -0.3 is 89.3 Å². The summed E-state index contributed by atoms with van der Waals surface area (Å²) in [5, 5.41) is 114. The zero-order valence-corrected chi connectivity index (χ0v) is 26.8. The summed E-state index contributed by atoms with van der Waals surface area (Å²) in [4.78, 5) is 13.9. The molecule has 4 aliphatic heterocycles. The fraction of sp³-hybridized carbons (Fsp3) is 0.594. The highest BCUT2D eigenvalue weighted by Crippen LogP contribution is 2.44. The Morgan fingerprint density at radius 3 is 2.12 bits per heavy atom. The van der Waals surface area contributed by atoms with Gasteiger partial charge in [-0.15, -0.1) is 0 Å². The molecule has 0 aliphatic carbocycles. The average molecular weight is 729 g/mol. The first-order valence-corrected chi connectivity index (χ1v) is 16.0. The number of hydrogen-bond donors (Lipinski definition) is 11. The molecule has 0 bridgehead atoms. The van der Waals surface area contributed by atoms with Crippen LogP contribution in [0, 0.1) is 0 Å². The van der Waals surface area contributed by atoms with Crippen molar-refractivity contribution in [2.45, 2.75) is 105 Å². The Kier molecular flexibility index (Phi) is 11.0. The number of ketones is 1. The molecule has 0 aromatic heterocycles. The molecule has 0 amide bonds. The van der Waals surface area contributed by atoms with Crippen molar-refractivity contribution in [3.05, 3.63) is 47.5 Å². The first-order chi connectivity index (χ1) is 24.2. The van der Waals surface area contributed by atoms with Crippen LogP contribution in [0.4, 0.5) is 0 Å². The molecule has 19 nitrogen and oxygen atoms in total. The van der Waals surface area contributed by atoms with Gasteiger partial charge in [0.25, 0.3) is 0 Å². The number of carbonyl (C=O) groups is 1. The lowest BCUT2D eigenvalue weighted by Crippen LogP contribution is -2.65. The van der Waals surface area contributed by atoms with E-state index >= 15 is 0 Å². The van der Waals surface area contributed by atoms with Crippen LogP contribution in [-0.4, -0.2) is 167 Å². The maximum absolute atomic E-state index is 13.9. The molecule has 0 unspecified atom stereocenters. The van der Waals surface area contributed by atoms with Crippen molar-refractivity contribution in [3.8, 4) is 23.0 Å². The number of phenolic OH excluding ortho intramolecular Hbond substituents is 3. The van der Waals surface area contributed by atoms with E-state index in [2.05, 4.69) is 0 Å². The lowest BCUT2D eigenvalue weighted by molar-refractivity contribution is -0.372. The summed E-state index contributed by atoms with van der Waals surface area (Å²) in [6.07, 6.45) is -26.3. The minimum absolute atomic E-state index is 0.107. The van der Waals surface area contributed by atoms with E-state index in [1.165, 1.54) is 31.2 Å². The smallest absolute Gasteiger partial charge is 0.203 e. The molecule has 6 rings (SSSR count). The molecule has 2 aromatic carbocycles. The third kappa shape index (κ3) is 7.36. The number of benzene rings is 2. The van der Waals surface area contributed by atoms with Gasteiger partial charge in [0, 0.05) is 12.1 Å². The van der Waals surface area contributed by atoms with E-state index in [9.17, 15) is 61.0 Å². The summed E-state index contributed by atoms with van der Waals surface area (Å²) in [5.41, 5.74) is -0.0589. The number of aromatic hydroxyl groups is 3. The van der Waals surface area contributed by atoms with Gasteiger partial charge in [0.2, 0.25) is 5.78 Å². The maximum Gasteiger partial charge on any atom is 0.203 e. The Labute approximate surface area is 288 Å². The summed E-state index contributed by atoms with van der Waals surface area (Å²) >= 11 is 0. The number of phenols is 3. The summed E-state index contributed by atoms with van der Waals surface area (Å²) < 4.78 is 40.0. The highest BCUT2D eigenvalue weighted by molar-refractivity contribution is 6.05. The van der Waals surface area contributed by atoms with Crippen LogP contribution < -0.4 is 4.74 Å². The minimum atomic E-state index is -1.98. The van der Waals surface area contributed by atoms with Crippen molar-refractivity contribution >= 4 is 5.78 Å². The molecule has 4 heterocycles. The first-order valence-electron chi connectivity index (χ1n) is 16.0. The summed E-state index contributed by atoms with van der Waals surface area (Å²) in [6, 6.07) is 7.50. The normalized spacial score (nSPS) is 41.5. The van der Waals surface area contributed by atoms with E-state index in [0.29, 0.717) is 5.56 Å². The Balaban J connectivity index is 1.25. The molecule has 51 heavy (non-hydrogen) atoms. The van der Waals surface area contributed by atoms with Crippen LogP contribution >= 0.6 is 0 Å². The van der Waals surface area contributed by atoms with Gasteiger partial charge in [-0.3, -0.25) is 4.79 Å². The van der Waals surface area contributed by atoms with Gasteiger partial charge in [-0.1, -0.05) is 12.1 Å². The van der Waals surface area contributed by atoms with Gasteiger partial charge in [-0.05, 0) is 24.6 Å². The lowest BCUT2D eigenvalue weighted by atomic mass is 9.92. The van der Waals surface area contributed by atoms with Crippen LogP contribution in [0.2, 0.25) is 0 Å². The van der Waals surface area contributed by atoms with Crippen molar-refractivity contribution in [1.82, 2.24) is 0 Å². The molecule has 0 saturated carbocycles. The number of aliphatic hydroxyl groups excluding tert-OH is 8. The van der Waals surface area contributed by atoms with Crippen LogP contribution in [-0.2, 0) is 28.4 Å². The quantitative estimate of drug-likeness (QED) is 0.126. The highest BCUT2D eigenvalue weighted by Gasteiger charge is 2.53. The molecular weight excluding hydrogens is 688 g/mol. The Morgan fingerprint density at radius 1 is 0.725 bits per heavy atom. The van der Waals surface area contributed by atoms with Crippen molar-refractivity contribution in [2.75, 3.05) is 13.2 Å². The number of aliphatic hydroxyl groups is 8. The molecule has 11 N–H and O–H groups in total. The molecular formula is C32H40O19. The monoisotopic (exact) mass is 728 g/mol. The summed E-state index contributed by atoms with van der Waals surface area (Å²) in [6.45, 7) is 0.388. The standard InChI is InChI=1S/C32H40O19/c1-10-19(37)24(42)29(51-31-26(44)23(41)21(39)17(49-31)9-46-30-25(43)20(38)15(36)8-45-30)32(47-10)50-28-22(40)18-14(35)6-13(34)7-16(18)48-27(28)11-2-4-12(33)5-3-11/h2-7,10,15,17,19-21,23-39,41-44H,8-9H2,1H3/t10-,15+,17+,19-,20-,21+,23-,24+,25+,26+,27-,28+,29+,30-,31-,32-/m0/s1.